The van der Waals surface area contributed by atoms with E-state index in [9.17, 15) is 4.39 Å². The van der Waals surface area contributed by atoms with Gasteiger partial charge in [0.15, 0.2) is 0 Å². The number of rotatable bonds is 5. The molecule has 106 valence electrons. The van der Waals surface area contributed by atoms with Gasteiger partial charge < -0.3 is 16.4 Å². The lowest BCUT2D eigenvalue weighted by molar-refractivity contribution is 0.619. The highest BCUT2D eigenvalue weighted by atomic mass is 19.1. The fourth-order valence-corrected chi connectivity index (χ4v) is 1.75. The van der Waals surface area contributed by atoms with Crippen LogP contribution in [-0.4, -0.2) is 16.5 Å². The molecular weight excluding hydrogens is 257 g/mol. The van der Waals surface area contributed by atoms with E-state index in [0.717, 1.165) is 13.0 Å². The summed E-state index contributed by atoms with van der Waals surface area (Å²) in [6.07, 6.45) is 0.982. The van der Waals surface area contributed by atoms with E-state index in [1.165, 1.54) is 6.07 Å². The summed E-state index contributed by atoms with van der Waals surface area (Å²) in [4.78, 5) is 8.20. The SMILES string of the molecule is CCCNc1cc(Nc2cccc(F)c2C)nc(N)n1. The summed E-state index contributed by atoms with van der Waals surface area (Å²) in [5, 5.41) is 6.20. The van der Waals surface area contributed by atoms with Crippen molar-refractivity contribution < 1.29 is 4.39 Å². The van der Waals surface area contributed by atoms with Crippen LogP contribution in [-0.2, 0) is 0 Å². The summed E-state index contributed by atoms with van der Waals surface area (Å²) in [5.41, 5.74) is 6.87. The predicted octanol–water partition coefficient (Wildman–Crippen LogP) is 3.07. The van der Waals surface area contributed by atoms with Gasteiger partial charge >= 0.3 is 0 Å². The van der Waals surface area contributed by atoms with Crippen LogP contribution in [0.5, 0.6) is 0 Å². The molecule has 1 heterocycles. The van der Waals surface area contributed by atoms with Gasteiger partial charge in [-0.2, -0.15) is 9.97 Å². The minimum Gasteiger partial charge on any atom is -0.370 e. The van der Waals surface area contributed by atoms with Gasteiger partial charge in [0.25, 0.3) is 0 Å². The molecule has 1 aromatic carbocycles. The first kappa shape index (κ1) is 14.0. The first-order valence-electron chi connectivity index (χ1n) is 6.50. The molecule has 2 rings (SSSR count). The molecule has 0 atom stereocenters. The van der Waals surface area contributed by atoms with E-state index in [1.807, 2.05) is 0 Å². The highest BCUT2D eigenvalue weighted by Crippen LogP contribution is 2.22. The largest absolute Gasteiger partial charge is 0.370 e. The maximum atomic E-state index is 13.5. The maximum absolute atomic E-state index is 13.5. The molecule has 0 amide bonds. The van der Waals surface area contributed by atoms with Gasteiger partial charge in [0, 0.05) is 23.9 Å². The summed E-state index contributed by atoms with van der Waals surface area (Å²) in [6.45, 7) is 4.57. The van der Waals surface area contributed by atoms with Gasteiger partial charge in [0.2, 0.25) is 5.95 Å². The Balaban J connectivity index is 2.24. The van der Waals surface area contributed by atoms with Crippen LogP contribution in [0.25, 0.3) is 0 Å². The van der Waals surface area contributed by atoms with Gasteiger partial charge in [-0.25, -0.2) is 4.39 Å². The number of halogens is 1. The molecule has 0 spiro atoms. The molecule has 0 bridgehead atoms. The molecule has 0 saturated heterocycles. The summed E-state index contributed by atoms with van der Waals surface area (Å²) in [7, 11) is 0. The number of aromatic nitrogens is 2. The minimum absolute atomic E-state index is 0.169. The molecule has 0 saturated carbocycles. The topological polar surface area (TPSA) is 75.9 Å². The second-order valence-electron chi connectivity index (χ2n) is 4.46. The Morgan fingerprint density at radius 2 is 2.00 bits per heavy atom. The second kappa shape index (κ2) is 6.18. The van der Waals surface area contributed by atoms with Crippen LogP contribution in [0.2, 0.25) is 0 Å². The fourth-order valence-electron chi connectivity index (χ4n) is 1.75. The van der Waals surface area contributed by atoms with Gasteiger partial charge in [0.05, 0.1) is 0 Å². The average Bonchev–Trinajstić information content (AvgIpc) is 2.41. The van der Waals surface area contributed by atoms with Crippen molar-refractivity contribution in [3.05, 3.63) is 35.6 Å². The lowest BCUT2D eigenvalue weighted by Crippen LogP contribution is -2.07. The Kier molecular flexibility index (Phi) is 4.34. The number of hydrogen-bond donors (Lipinski definition) is 3. The molecule has 0 fully saturated rings. The molecule has 5 nitrogen and oxygen atoms in total. The van der Waals surface area contributed by atoms with E-state index < -0.39 is 0 Å². The van der Waals surface area contributed by atoms with E-state index in [1.54, 1.807) is 25.1 Å². The second-order valence-corrected chi connectivity index (χ2v) is 4.46. The lowest BCUT2D eigenvalue weighted by atomic mass is 10.2. The van der Waals surface area contributed by atoms with Crippen LogP contribution in [0.1, 0.15) is 18.9 Å². The van der Waals surface area contributed by atoms with Crippen molar-refractivity contribution in [1.29, 1.82) is 0 Å². The molecule has 4 N–H and O–H groups in total. The number of nitrogens with one attached hydrogen (secondary N) is 2. The zero-order valence-corrected chi connectivity index (χ0v) is 11.6. The van der Waals surface area contributed by atoms with E-state index >= 15 is 0 Å². The number of nitrogens with two attached hydrogens (primary N) is 1. The van der Waals surface area contributed by atoms with E-state index in [-0.39, 0.29) is 11.8 Å². The smallest absolute Gasteiger partial charge is 0.223 e. The van der Waals surface area contributed by atoms with Crippen molar-refractivity contribution in [2.45, 2.75) is 20.3 Å². The van der Waals surface area contributed by atoms with Crippen molar-refractivity contribution in [3.8, 4) is 0 Å². The number of hydrogen-bond acceptors (Lipinski definition) is 5. The summed E-state index contributed by atoms with van der Waals surface area (Å²) in [5.74, 6) is 1.09. The van der Waals surface area contributed by atoms with Crippen molar-refractivity contribution in [2.75, 3.05) is 22.9 Å². The standard InChI is InChI=1S/C14H18FN5/c1-3-7-17-12-8-13(20-14(16)19-12)18-11-6-4-5-10(15)9(11)2/h4-6,8H,3,7H2,1-2H3,(H4,16,17,18,19,20). The third kappa shape index (κ3) is 3.34. The number of benzene rings is 1. The summed E-state index contributed by atoms with van der Waals surface area (Å²) >= 11 is 0. The number of anilines is 4. The van der Waals surface area contributed by atoms with Gasteiger partial charge in [-0.05, 0) is 25.5 Å². The molecule has 0 radical (unpaired) electrons. The van der Waals surface area contributed by atoms with Crippen molar-refractivity contribution in [3.63, 3.8) is 0 Å². The first-order chi connectivity index (χ1) is 9.60. The monoisotopic (exact) mass is 275 g/mol. The van der Waals surface area contributed by atoms with Crippen LogP contribution in [0.4, 0.5) is 27.7 Å². The van der Waals surface area contributed by atoms with Crippen LogP contribution in [0, 0.1) is 12.7 Å². The first-order valence-corrected chi connectivity index (χ1v) is 6.50. The molecule has 6 heteroatoms. The zero-order valence-electron chi connectivity index (χ0n) is 11.6. The molecule has 20 heavy (non-hydrogen) atoms. The molecule has 2 aromatic rings. The Morgan fingerprint density at radius 1 is 1.25 bits per heavy atom. The normalized spacial score (nSPS) is 10.3. The predicted molar refractivity (Wildman–Crippen MR) is 79.6 cm³/mol. The minimum atomic E-state index is -0.263. The average molecular weight is 275 g/mol. The molecule has 1 aromatic heterocycles. The zero-order chi connectivity index (χ0) is 14.5. The molecule has 0 unspecified atom stereocenters. The molecular formula is C14H18FN5. The van der Waals surface area contributed by atoms with Crippen molar-refractivity contribution >= 4 is 23.3 Å². The van der Waals surface area contributed by atoms with E-state index in [2.05, 4.69) is 27.5 Å². The highest BCUT2D eigenvalue weighted by molar-refractivity contribution is 5.63. The van der Waals surface area contributed by atoms with E-state index in [0.29, 0.717) is 22.9 Å². The summed E-state index contributed by atoms with van der Waals surface area (Å²) in [6, 6.07) is 6.60. The fraction of sp³-hybridized carbons (Fsp3) is 0.286. The van der Waals surface area contributed by atoms with E-state index in [4.69, 9.17) is 5.73 Å². The van der Waals surface area contributed by atoms with Gasteiger partial charge in [-0.15, -0.1) is 0 Å². The van der Waals surface area contributed by atoms with Gasteiger partial charge in [-0.3, -0.25) is 0 Å². The number of nitrogens with zero attached hydrogens (tertiary/aromatic N) is 2. The lowest BCUT2D eigenvalue weighted by Gasteiger charge is -2.11. The molecule has 0 aliphatic rings. The van der Waals surface area contributed by atoms with Crippen LogP contribution < -0.4 is 16.4 Å². The van der Waals surface area contributed by atoms with Crippen LogP contribution in [0.15, 0.2) is 24.3 Å². The van der Waals surface area contributed by atoms with Gasteiger partial charge in [-0.1, -0.05) is 13.0 Å². The van der Waals surface area contributed by atoms with Crippen molar-refractivity contribution in [1.82, 2.24) is 9.97 Å². The summed E-state index contributed by atoms with van der Waals surface area (Å²) < 4.78 is 13.5. The number of nitrogen functional groups attached to an aromatic ring is 1. The Labute approximate surface area is 117 Å². The quantitative estimate of drug-likeness (QED) is 0.782. The Bertz CT molecular complexity index is 600. The van der Waals surface area contributed by atoms with Crippen LogP contribution in [0.3, 0.4) is 0 Å². The van der Waals surface area contributed by atoms with Crippen LogP contribution >= 0.6 is 0 Å². The van der Waals surface area contributed by atoms with Crippen molar-refractivity contribution in [2.24, 2.45) is 0 Å². The highest BCUT2D eigenvalue weighted by Gasteiger charge is 2.06. The molecule has 0 aliphatic heterocycles. The maximum Gasteiger partial charge on any atom is 0.223 e. The third-order valence-electron chi connectivity index (χ3n) is 2.83. The Morgan fingerprint density at radius 3 is 2.75 bits per heavy atom. The van der Waals surface area contributed by atoms with Gasteiger partial charge in [0.1, 0.15) is 17.5 Å². The molecule has 0 aliphatic carbocycles. The third-order valence-corrected chi connectivity index (χ3v) is 2.83. The Hall–Kier alpha value is -2.37.